The van der Waals surface area contributed by atoms with E-state index in [0.717, 1.165) is 41.9 Å². The van der Waals surface area contributed by atoms with Gasteiger partial charge in [-0.1, -0.05) is 23.7 Å². The Hall–Kier alpha value is -1.06. The second-order valence-electron chi connectivity index (χ2n) is 4.25. The van der Waals surface area contributed by atoms with Gasteiger partial charge in [0.1, 0.15) is 0 Å². The van der Waals surface area contributed by atoms with Gasteiger partial charge in [-0.25, -0.2) is 0 Å². The summed E-state index contributed by atoms with van der Waals surface area (Å²) in [6, 6.07) is 6.45. The molecule has 2 aromatic rings. The van der Waals surface area contributed by atoms with E-state index in [0.29, 0.717) is 6.04 Å². The second kappa shape index (κ2) is 4.07. The van der Waals surface area contributed by atoms with E-state index in [2.05, 4.69) is 21.2 Å². The standard InChI is InChI=1S/C12H14ClN3/c13-11-3-1-2-9-8-15-16(12(9)11)10-4-6-14-7-5-10/h1-3,8,10,14H,4-7H2. The number of aromatic nitrogens is 2. The van der Waals surface area contributed by atoms with Gasteiger partial charge in [-0.05, 0) is 32.0 Å². The maximum absolute atomic E-state index is 6.25. The zero-order valence-electron chi connectivity index (χ0n) is 8.99. The first-order chi connectivity index (χ1) is 7.86. The van der Waals surface area contributed by atoms with Gasteiger partial charge < -0.3 is 5.32 Å². The first-order valence-corrected chi connectivity index (χ1v) is 6.06. The van der Waals surface area contributed by atoms with Crippen LogP contribution in [0.5, 0.6) is 0 Å². The van der Waals surface area contributed by atoms with Crippen LogP contribution in [0.15, 0.2) is 24.4 Å². The van der Waals surface area contributed by atoms with Crippen LogP contribution in [-0.4, -0.2) is 22.9 Å². The molecule has 4 heteroatoms. The molecule has 1 aliphatic rings. The number of hydrogen-bond acceptors (Lipinski definition) is 2. The first kappa shape index (κ1) is 10.1. The molecule has 0 unspecified atom stereocenters. The molecule has 1 aliphatic heterocycles. The van der Waals surface area contributed by atoms with Crippen LogP contribution in [0, 0.1) is 0 Å². The molecular formula is C12H14ClN3. The minimum atomic E-state index is 0.485. The summed E-state index contributed by atoms with van der Waals surface area (Å²) in [4.78, 5) is 0. The van der Waals surface area contributed by atoms with Crippen molar-refractivity contribution in [2.75, 3.05) is 13.1 Å². The van der Waals surface area contributed by atoms with Gasteiger partial charge in [0.05, 0.1) is 22.8 Å². The summed E-state index contributed by atoms with van der Waals surface area (Å²) >= 11 is 6.25. The maximum Gasteiger partial charge on any atom is 0.0871 e. The number of nitrogens with zero attached hydrogens (tertiary/aromatic N) is 2. The number of benzene rings is 1. The van der Waals surface area contributed by atoms with E-state index >= 15 is 0 Å². The van der Waals surface area contributed by atoms with Crippen LogP contribution in [0.1, 0.15) is 18.9 Å². The summed E-state index contributed by atoms with van der Waals surface area (Å²) < 4.78 is 2.10. The van der Waals surface area contributed by atoms with Crippen molar-refractivity contribution in [3.63, 3.8) is 0 Å². The van der Waals surface area contributed by atoms with Crippen molar-refractivity contribution in [1.29, 1.82) is 0 Å². The minimum absolute atomic E-state index is 0.485. The van der Waals surface area contributed by atoms with Crippen LogP contribution < -0.4 is 5.32 Å². The van der Waals surface area contributed by atoms with E-state index in [1.807, 2.05) is 18.3 Å². The highest BCUT2D eigenvalue weighted by Gasteiger charge is 2.18. The quantitative estimate of drug-likeness (QED) is 0.824. The highest BCUT2D eigenvalue weighted by Crippen LogP contribution is 2.28. The molecule has 84 valence electrons. The molecule has 0 spiro atoms. The number of piperidine rings is 1. The van der Waals surface area contributed by atoms with Crippen LogP contribution in [-0.2, 0) is 0 Å². The van der Waals surface area contributed by atoms with Crippen LogP contribution in [0.2, 0.25) is 5.02 Å². The summed E-state index contributed by atoms with van der Waals surface area (Å²) in [6.45, 7) is 2.13. The molecule has 0 atom stereocenters. The molecule has 16 heavy (non-hydrogen) atoms. The lowest BCUT2D eigenvalue weighted by Gasteiger charge is -2.23. The van der Waals surface area contributed by atoms with Crippen molar-refractivity contribution in [2.45, 2.75) is 18.9 Å². The third kappa shape index (κ3) is 1.60. The Morgan fingerprint density at radius 1 is 1.31 bits per heavy atom. The fourth-order valence-electron chi connectivity index (χ4n) is 2.39. The lowest BCUT2D eigenvalue weighted by atomic mass is 10.1. The number of nitrogens with one attached hydrogen (secondary N) is 1. The molecule has 1 N–H and O–H groups in total. The lowest BCUT2D eigenvalue weighted by molar-refractivity contribution is 0.351. The van der Waals surface area contributed by atoms with Crippen molar-refractivity contribution in [2.24, 2.45) is 0 Å². The van der Waals surface area contributed by atoms with Crippen LogP contribution >= 0.6 is 11.6 Å². The SMILES string of the molecule is Clc1cccc2cnn(C3CCNCC3)c12. The lowest BCUT2D eigenvalue weighted by Crippen LogP contribution is -2.29. The van der Waals surface area contributed by atoms with Crippen LogP contribution in [0.25, 0.3) is 10.9 Å². The van der Waals surface area contributed by atoms with E-state index < -0.39 is 0 Å². The number of halogens is 1. The van der Waals surface area contributed by atoms with Crippen molar-refractivity contribution in [3.8, 4) is 0 Å². The van der Waals surface area contributed by atoms with E-state index in [1.54, 1.807) is 0 Å². The molecule has 0 radical (unpaired) electrons. The summed E-state index contributed by atoms with van der Waals surface area (Å²) in [7, 11) is 0. The molecule has 1 aromatic heterocycles. The molecule has 0 saturated carbocycles. The van der Waals surface area contributed by atoms with Gasteiger partial charge in [0.25, 0.3) is 0 Å². The summed E-state index contributed by atoms with van der Waals surface area (Å²) in [5.41, 5.74) is 1.08. The van der Waals surface area contributed by atoms with Crippen LogP contribution in [0.4, 0.5) is 0 Å². The first-order valence-electron chi connectivity index (χ1n) is 5.69. The van der Waals surface area contributed by atoms with Gasteiger partial charge in [-0.3, -0.25) is 4.68 Å². The predicted octanol–water partition coefficient (Wildman–Crippen LogP) is 2.61. The number of para-hydroxylation sites is 1. The molecule has 0 amide bonds. The normalized spacial score (nSPS) is 18.1. The van der Waals surface area contributed by atoms with Gasteiger partial charge in [0.15, 0.2) is 0 Å². The Bertz CT molecular complexity index is 500. The Balaban J connectivity index is 2.09. The van der Waals surface area contributed by atoms with Crippen LogP contribution in [0.3, 0.4) is 0 Å². The van der Waals surface area contributed by atoms with E-state index in [4.69, 9.17) is 11.6 Å². The molecule has 3 nitrogen and oxygen atoms in total. The summed E-state index contributed by atoms with van der Waals surface area (Å²) in [5, 5.41) is 9.78. The van der Waals surface area contributed by atoms with E-state index in [1.165, 1.54) is 0 Å². The van der Waals surface area contributed by atoms with Crippen molar-refractivity contribution >= 4 is 22.5 Å². The van der Waals surface area contributed by atoms with Gasteiger partial charge in [-0.2, -0.15) is 5.10 Å². The molecule has 1 aromatic carbocycles. The zero-order valence-corrected chi connectivity index (χ0v) is 9.74. The smallest absolute Gasteiger partial charge is 0.0871 e. The summed E-state index contributed by atoms with van der Waals surface area (Å²) in [5.74, 6) is 0. The topological polar surface area (TPSA) is 29.9 Å². The maximum atomic E-state index is 6.25. The number of hydrogen-bond donors (Lipinski definition) is 1. The molecule has 0 bridgehead atoms. The molecule has 1 saturated heterocycles. The second-order valence-corrected chi connectivity index (χ2v) is 4.66. The minimum Gasteiger partial charge on any atom is -0.317 e. The largest absolute Gasteiger partial charge is 0.317 e. The molecule has 0 aliphatic carbocycles. The Morgan fingerprint density at radius 3 is 2.94 bits per heavy atom. The van der Waals surface area contributed by atoms with E-state index in [-0.39, 0.29) is 0 Å². The van der Waals surface area contributed by atoms with Crippen molar-refractivity contribution in [3.05, 3.63) is 29.4 Å². The van der Waals surface area contributed by atoms with Gasteiger partial charge >= 0.3 is 0 Å². The average Bonchev–Trinajstić information content (AvgIpc) is 2.75. The molecular weight excluding hydrogens is 222 g/mol. The average molecular weight is 236 g/mol. The van der Waals surface area contributed by atoms with Crippen molar-refractivity contribution < 1.29 is 0 Å². The fraction of sp³-hybridized carbons (Fsp3) is 0.417. The van der Waals surface area contributed by atoms with Gasteiger partial charge in [-0.15, -0.1) is 0 Å². The predicted molar refractivity (Wildman–Crippen MR) is 65.9 cm³/mol. The number of rotatable bonds is 1. The molecule has 1 fully saturated rings. The zero-order chi connectivity index (χ0) is 11.0. The Labute approximate surface area is 99.4 Å². The van der Waals surface area contributed by atoms with Gasteiger partial charge in [0.2, 0.25) is 0 Å². The third-order valence-electron chi connectivity index (χ3n) is 3.22. The van der Waals surface area contributed by atoms with Gasteiger partial charge in [0, 0.05) is 5.39 Å². The Kier molecular flexibility index (Phi) is 2.58. The summed E-state index contributed by atoms with van der Waals surface area (Å²) in [6.07, 6.45) is 4.16. The highest BCUT2D eigenvalue weighted by molar-refractivity contribution is 6.35. The monoisotopic (exact) mass is 235 g/mol. The molecule has 3 rings (SSSR count). The van der Waals surface area contributed by atoms with E-state index in [9.17, 15) is 0 Å². The highest BCUT2D eigenvalue weighted by atomic mass is 35.5. The number of fused-ring (bicyclic) bond motifs is 1. The Morgan fingerprint density at radius 2 is 2.12 bits per heavy atom. The third-order valence-corrected chi connectivity index (χ3v) is 3.53. The molecule has 2 heterocycles. The fourth-order valence-corrected chi connectivity index (χ4v) is 2.66. The van der Waals surface area contributed by atoms with Crippen molar-refractivity contribution in [1.82, 2.24) is 15.1 Å².